The molecule has 274 valence electrons. The van der Waals surface area contributed by atoms with Gasteiger partial charge in [-0.05, 0) is 12.8 Å². The van der Waals surface area contributed by atoms with Gasteiger partial charge >= 0.3 is 12.2 Å². The standard InChI is InChI=1S/C40H80N2O4/c1-3-5-7-9-11-13-15-17-19-21-23-25-27-29-31-33-35-41-39(43)45-37-38-46-40(44)42-36-34-32-30-28-26-24-22-20-18-16-14-12-10-8-6-4-2/h3-38H2,1-2H3,(H,41,43)(H,42,44). The van der Waals surface area contributed by atoms with Crippen molar-refractivity contribution in [1.29, 1.82) is 0 Å². The largest absolute Gasteiger partial charge is 0.446 e. The number of carbonyl (C=O) groups is 2. The molecule has 0 fully saturated rings. The van der Waals surface area contributed by atoms with Crippen LogP contribution in [0.2, 0.25) is 0 Å². The molecule has 0 unspecified atom stereocenters. The van der Waals surface area contributed by atoms with Gasteiger partial charge in [0.25, 0.3) is 0 Å². The predicted molar refractivity (Wildman–Crippen MR) is 198 cm³/mol. The van der Waals surface area contributed by atoms with Crippen molar-refractivity contribution in [2.24, 2.45) is 0 Å². The van der Waals surface area contributed by atoms with E-state index in [-0.39, 0.29) is 13.2 Å². The quantitative estimate of drug-likeness (QED) is 0.0655. The average Bonchev–Trinajstić information content (AvgIpc) is 3.06. The van der Waals surface area contributed by atoms with Crippen molar-refractivity contribution in [3.63, 3.8) is 0 Å². The number of alkyl carbamates (subject to hydrolysis) is 2. The minimum absolute atomic E-state index is 0.0806. The summed E-state index contributed by atoms with van der Waals surface area (Å²) in [6.45, 7) is 5.99. The van der Waals surface area contributed by atoms with E-state index in [1.165, 1.54) is 180 Å². The molecule has 0 bridgehead atoms. The van der Waals surface area contributed by atoms with Gasteiger partial charge in [0.2, 0.25) is 0 Å². The van der Waals surface area contributed by atoms with E-state index in [0.29, 0.717) is 13.1 Å². The zero-order chi connectivity index (χ0) is 33.4. The van der Waals surface area contributed by atoms with Gasteiger partial charge in [0.05, 0.1) is 0 Å². The van der Waals surface area contributed by atoms with E-state index >= 15 is 0 Å². The number of hydrogen-bond donors (Lipinski definition) is 2. The third-order valence-corrected chi connectivity index (χ3v) is 9.15. The zero-order valence-corrected chi connectivity index (χ0v) is 31.1. The molecule has 0 saturated heterocycles. The number of rotatable bonds is 37. The van der Waals surface area contributed by atoms with Crippen LogP contribution in [-0.4, -0.2) is 38.5 Å². The lowest BCUT2D eigenvalue weighted by Crippen LogP contribution is -2.29. The lowest BCUT2D eigenvalue weighted by atomic mass is 10.0. The molecule has 0 aromatic carbocycles. The van der Waals surface area contributed by atoms with Crippen molar-refractivity contribution in [3.05, 3.63) is 0 Å². The van der Waals surface area contributed by atoms with E-state index < -0.39 is 12.2 Å². The molecule has 0 atom stereocenters. The van der Waals surface area contributed by atoms with E-state index in [1.807, 2.05) is 0 Å². The van der Waals surface area contributed by atoms with Crippen LogP contribution in [0.1, 0.15) is 219 Å². The van der Waals surface area contributed by atoms with Gasteiger partial charge < -0.3 is 20.1 Å². The minimum atomic E-state index is -0.432. The Hall–Kier alpha value is -1.46. The molecule has 6 heteroatoms. The number of amides is 2. The first-order valence-electron chi connectivity index (χ1n) is 20.5. The monoisotopic (exact) mass is 653 g/mol. The van der Waals surface area contributed by atoms with Crippen LogP contribution in [0.4, 0.5) is 9.59 Å². The Kier molecular flexibility index (Phi) is 38.5. The van der Waals surface area contributed by atoms with Gasteiger partial charge in [0, 0.05) is 13.1 Å². The Labute approximate surface area is 287 Å². The van der Waals surface area contributed by atoms with E-state index in [1.54, 1.807) is 0 Å². The second-order valence-corrected chi connectivity index (χ2v) is 13.7. The fraction of sp³-hybridized carbons (Fsp3) is 0.950. The van der Waals surface area contributed by atoms with Crippen molar-refractivity contribution in [2.45, 2.75) is 219 Å². The summed E-state index contributed by atoms with van der Waals surface area (Å²) >= 11 is 0. The van der Waals surface area contributed by atoms with Crippen LogP contribution < -0.4 is 10.6 Å². The molecule has 2 amide bonds. The second kappa shape index (κ2) is 39.7. The number of nitrogens with one attached hydrogen (secondary N) is 2. The highest BCUT2D eigenvalue weighted by Crippen LogP contribution is 2.15. The predicted octanol–water partition coefficient (Wildman–Crippen LogP) is 13.0. The summed E-state index contributed by atoms with van der Waals surface area (Å²) in [5, 5.41) is 5.58. The lowest BCUT2D eigenvalue weighted by Gasteiger charge is -2.09. The third-order valence-electron chi connectivity index (χ3n) is 9.15. The number of carbonyl (C=O) groups excluding carboxylic acids is 2. The Balaban J connectivity index is 3.25. The van der Waals surface area contributed by atoms with Crippen molar-refractivity contribution in [3.8, 4) is 0 Å². The van der Waals surface area contributed by atoms with E-state index in [9.17, 15) is 9.59 Å². The first-order valence-corrected chi connectivity index (χ1v) is 20.5. The van der Waals surface area contributed by atoms with E-state index in [0.717, 1.165) is 25.7 Å². The van der Waals surface area contributed by atoms with Crippen LogP contribution in [-0.2, 0) is 9.47 Å². The average molecular weight is 653 g/mol. The fourth-order valence-electron chi connectivity index (χ4n) is 6.10. The third kappa shape index (κ3) is 38.7. The zero-order valence-electron chi connectivity index (χ0n) is 31.1. The Bertz CT molecular complexity index is 564. The summed E-state index contributed by atoms with van der Waals surface area (Å²) in [6, 6.07) is 0. The summed E-state index contributed by atoms with van der Waals surface area (Å²) in [7, 11) is 0. The van der Waals surface area contributed by atoms with Crippen molar-refractivity contribution in [1.82, 2.24) is 10.6 Å². The summed E-state index contributed by atoms with van der Waals surface area (Å²) < 4.78 is 10.2. The highest BCUT2D eigenvalue weighted by atomic mass is 16.6. The van der Waals surface area contributed by atoms with E-state index in [2.05, 4.69) is 24.5 Å². The van der Waals surface area contributed by atoms with Crippen molar-refractivity contribution in [2.75, 3.05) is 26.3 Å². The summed E-state index contributed by atoms with van der Waals surface area (Å²) in [4.78, 5) is 23.6. The molecule has 0 aliphatic rings. The SMILES string of the molecule is CCCCCCCCCCCCCCCCCCNC(=O)OCCOC(=O)NCCCCCCCCCCCCCCCCCC. The fourth-order valence-corrected chi connectivity index (χ4v) is 6.10. The van der Waals surface area contributed by atoms with Gasteiger partial charge in [-0.15, -0.1) is 0 Å². The maximum absolute atomic E-state index is 11.8. The highest BCUT2D eigenvalue weighted by molar-refractivity contribution is 5.67. The molecule has 0 heterocycles. The molecule has 0 aromatic heterocycles. The summed E-state index contributed by atoms with van der Waals surface area (Å²) in [5.74, 6) is 0. The van der Waals surface area contributed by atoms with Gasteiger partial charge in [-0.1, -0.05) is 206 Å². The summed E-state index contributed by atoms with van der Waals surface area (Å²) in [5.41, 5.74) is 0. The molecule has 0 aromatic rings. The molecular weight excluding hydrogens is 572 g/mol. The van der Waals surface area contributed by atoms with Gasteiger partial charge in [-0.25, -0.2) is 9.59 Å². The van der Waals surface area contributed by atoms with Crippen LogP contribution in [0.15, 0.2) is 0 Å². The summed E-state index contributed by atoms with van der Waals surface area (Å²) in [6.07, 6.45) is 41.9. The van der Waals surface area contributed by atoms with Crippen molar-refractivity contribution >= 4 is 12.2 Å². The number of unbranched alkanes of at least 4 members (excludes halogenated alkanes) is 30. The highest BCUT2D eigenvalue weighted by Gasteiger charge is 2.04. The Morgan fingerprint density at radius 2 is 0.522 bits per heavy atom. The Morgan fingerprint density at radius 3 is 0.739 bits per heavy atom. The van der Waals surface area contributed by atoms with Crippen LogP contribution >= 0.6 is 0 Å². The van der Waals surface area contributed by atoms with Crippen LogP contribution in [0.25, 0.3) is 0 Å². The molecule has 0 aliphatic heterocycles. The van der Waals surface area contributed by atoms with Gasteiger partial charge in [0.1, 0.15) is 13.2 Å². The number of ether oxygens (including phenoxy) is 2. The molecular formula is C40H80N2O4. The molecule has 2 N–H and O–H groups in total. The smallest absolute Gasteiger partial charge is 0.407 e. The van der Waals surface area contributed by atoms with Crippen molar-refractivity contribution < 1.29 is 19.1 Å². The molecule has 46 heavy (non-hydrogen) atoms. The first-order chi connectivity index (χ1) is 22.7. The lowest BCUT2D eigenvalue weighted by molar-refractivity contribution is 0.0956. The Morgan fingerprint density at radius 1 is 0.326 bits per heavy atom. The normalized spacial score (nSPS) is 11.1. The van der Waals surface area contributed by atoms with Crippen LogP contribution in [0.5, 0.6) is 0 Å². The van der Waals surface area contributed by atoms with Crippen LogP contribution in [0, 0.1) is 0 Å². The molecule has 0 radical (unpaired) electrons. The van der Waals surface area contributed by atoms with Gasteiger partial charge in [-0.2, -0.15) is 0 Å². The van der Waals surface area contributed by atoms with E-state index in [4.69, 9.17) is 9.47 Å². The second-order valence-electron chi connectivity index (χ2n) is 13.7. The molecule has 0 aliphatic carbocycles. The van der Waals surface area contributed by atoms with Gasteiger partial charge in [0.15, 0.2) is 0 Å². The number of hydrogen-bond acceptors (Lipinski definition) is 4. The molecule has 0 spiro atoms. The first kappa shape index (κ1) is 44.5. The topological polar surface area (TPSA) is 76.7 Å². The van der Waals surface area contributed by atoms with Crippen LogP contribution in [0.3, 0.4) is 0 Å². The van der Waals surface area contributed by atoms with Gasteiger partial charge in [-0.3, -0.25) is 0 Å². The maximum atomic E-state index is 11.8. The molecule has 0 rings (SSSR count). The molecule has 6 nitrogen and oxygen atoms in total. The molecule has 0 saturated carbocycles. The maximum Gasteiger partial charge on any atom is 0.407 e. The minimum Gasteiger partial charge on any atom is -0.446 e.